The van der Waals surface area contributed by atoms with Crippen LogP contribution in [0, 0.1) is 0 Å². The second-order valence-electron chi connectivity index (χ2n) is 5.39. The van der Waals surface area contributed by atoms with Crippen molar-refractivity contribution < 1.29 is 22.7 Å². The van der Waals surface area contributed by atoms with Gasteiger partial charge in [0.2, 0.25) is 0 Å². The molecule has 5 nitrogen and oxygen atoms in total. The molecule has 0 saturated heterocycles. The summed E-state index contributed by atoms with van der Waals surface area (Å²) in [5.74, 6) is -0.0472. The Kier molecular flexibility index (Phi) is 4.77. The first-order chi connectivity index (χ1) is 10.3. The number of aromatic nitrogens is 1. The molecule has 0 atom stereocenters. The van der Waals surface area contributed by atoms with E-state index in [-0.39, 0.29) is 29.6 Å². The Labute approximate surface area is 126 Å². The van der Waals surface area contributed by atoms with E-state index in [2.05, 4.69) is 10.3 Å². The molecule has 1 fully saturated rings. The molecule has 0 spiro atoms. The van der Waals surface area contributed by atoms with E-state index in [4.69, 9.17) is 10.5 Å². The van der Waals surface area contributed by atoms with Crippen LogP contribution < -0.4 is 11.1 Å². The molecule has 1 aliphatic carbocycles. The molecule has 0 unspecified atom stereocenters. The quantitative estimate of drug-likeness (QED) is 0.838. The Morgan fingerprint density at radius 3 is 2.50 bits per heavy atom. The Hall–Kier alpha value is -1.99. The molecule has 22 heavy (non-hydrogen) atoms. The van der Waals surface area contributed by atoms with Crippen molar-refractivity contribution in [1.82, 2.24) is 4.98 Å². The molecule has 0 aromatic carbocycles. The van der Waals surface area contributed by atoms with Gasteiger partial charge in [-0.05, 0) is 31.7 Å². The lowest BCUT2D eigenvalue weighted by Gasteiger charge is -2.29. The van der Waals surface area contributed by atoms with Gasteiger partial charge in [-0.2, -0.15) is 13.2 Å². The number of nitrogens with two attached hydrogens (primary N) is 1. The number of hydrogen-bond acceptors (Lipinski definition) is 5. The normalized spacial score (nSPS) is 22.2. The third kappa shape index (κ3) is 4.25. The molecule has 3 N–H and O–H groups in total. The van der Waals surface area contributed by atoms with Gasteiger partial charge in [-0.3, -0.25) is 4.79 Å². The van der Waals surface area contributed by atoms with Crippen LogP contribution in [-0.4, -0.2) is 23.1 Å². The van der Waals surface area contributed by atoms with Crippen molar-refractivity contribution in [2.24, 2.45) is 0 Å². The predicted molar refractivity (Wildman–Crippen MR) is 75.1 cm³/mol. The predicted octanol–water partition coefficient (Wildman–Crippen LogP) is 2.97. The van der Waals surface area contributed by atoms with E-state index in [1.165, 1.54) is 6.92 Å². The van der Waals surface area contributed by atoms with Gasteiger partial charge in [0.05, 0.1) is 11.3 Å². The molecule has 0 bridgehead atoms. The third-order valence-corrected chi connectivity index (χ3v) is 3.59. The maximum absolute atomic E-state index is 12.5. The summed E-state index contributed by atoms with van der Waals surface area (Å²) in [6.07, 6.45) is -0.894. The molecule has 2 rings (SSSR count). The second-order valence-corrected chi connectivity index (χ2v) is 5.39. The smallest absolute Gasteiger partial charge is 0.417 e. The lowest BCUT2D eigenvalue weighted by molar-refractivity contribution is -0.147. The molecule has 0 radical (unpaired) electrons. The van der Waals surface area contributed by atoms with E-state index < -0.39 is 11.7 Å². The number of alkyl halides is 3. The number of ether oxygens (including phenoxy) is 1. The summed E-state index contributed by atoms with van der Waals surface area (Å²) < 4.78 is 42.8. The van der Waals surface area contributed by atoms with Crippen LogP contribution in [0.4, 0.5) is 24.7 Å². The SMILES string of the molecule is CC(=O)O[C@H]1CC[C@H](Nc2ncc(C(F)(F)F)cc2N)CC1. The zero-order chi connectivity index (χ0) is 16.3. The number of nitrogen functional groups attached to an aromatic ring is 1. The van der Waals surface area contributed by atoms with E-state index in [0.29, 0.717) is 12.8 Å². The minimum atomic E-state index is -4.46. The van der Waals surface area contributed by atoms with Crippen molar-refractivity contribution >= 4 is 17.5 Å². The standard InChI is InChI=1S/C14H18F3N3O2/c1-8(21)22-11-4-2-10(3-5-11)20-13-12(18)6-9(7-19-13)14(15,16)17/h6-7,10-11H,2-5,18H2,1H3,(H,19,20)/t10-,11-. The number of carbonyl (C=O) groups is 1. The molecule has 1 aliphatic rings. The van der Waals surface area contributed by atoms with Crippen molar-refractivity contribution in [3.8, 4) is 0 Å². The van der Waals surface area contributed by atoms with Crippen LogP contribution in [0.25, 0.3) is 0 Å². The van der Waals surface area contributed by atoms with Crippen LogP contribution in [0.15, 0.2) is 12.3 Å². The Morgan fingerprint density at radius 2 is 2.00 bits per heavy atom. The molecule has 122 valence electrons. The fraction of sp³-hybridized carbons (Fsp3) is 0.571. The van der Waals surface area contributed by atoms with Gasteiger partial charge in [0, 0.05) is 19.2 Å². The Bertz CT molecular complexity index is 541. The van der Waals surface area contributed by atoms with E-state index in [0.717, 1.165) is 25.1 Å². The van der Waals surface area contributed by atoms with Gasteiger partial charge in [-0.25, -0.2) is 4.98 Å². The molecular weight excluding hydrogens is 299 g/mol. The van der Waals surface area contributed by atoms with Gasteiger partial charge >= 0.3 is 12.1 Å². The maximum Gasteiger partial charge on any atom is 0.417 e. The number of anilines is 2. The highest BCUT2D eigenvalue weighted by Crippen LogP contribution is 2.32. The number of halogens is 3. The maximum atomic E-state index is 12.5. The summed E-state index contributed by atoms with van der Waals surface area (Å²) >= 11 is 0. The number of pyridine rings is 1. The van der Waals surface area contributed by atoms with Gasteiger partial charge in [0.15, 0.2) is 0 Å². The first-order valence-electron chi connectivity index (χ1n) is 7.02. The second kappa shape index (κ2) is 6.41. The summed E-state index contributed by atoms with van der Waals surface area (Å²) in [4.78, 5) is 14.7. The van der Waals surface area contributed by atoms with Gasteiger partial charge < -0.3 is 15.8 Å². The van der Waals surface area contributed by atoms with E-state index in [1.54, 1.807) is 0 Å². The van der Waals surface area contributed by atoms with E-state index >= 15 is 0 Å². The largest absolute Gasteiger partial charge is 0.463 e. The van der Waals surface area contributed by atoms with Crippen molar-refractivity contribution in [2.75, 3.05) is 11.1 Å². The fourth-order valence-corrected chi connectivity index (χ4v) is 2.51. The number of hydrogen-bond donors (Lipinski definition) is 2. The molecule has 1 aromatic heterocycles. The number of esters is 1. The molecule has 1 heterocycles. The van der Waals surface area contributed by atoms with E-state index in [1.807, 2.05) is 0 Å². The highest BCUT2D eigenvalue weighted by atomic mass is 19.4. The Balaban J connectivity index is 1.94. The first kappa shape index (κ1) is 16.4. The molecule has 8 heteroatoms. The zero-order valence-corrected chi connectivity index (χ0v) is 12.1. The average Bonchev–Trinajstić information content (AvgIpc) is 2.41. The van der Waals surface area contributed by atoms with Crippen LogP contribution in [0.1, 0.15) is 38.2 Å². The minimum Gasteiger partial charge on any atom is -0.463 e. The van der Waals surface area contributed by atoms with Crippen LogP contribution >= 0.6 is 0 Å². The molecule has 1 saturated carbocycles. The van der Waals surface area contributed by atoms with Crippen LogP contribution in [0.2, 0.25) is 0 Å². The van der Waals surface area contributed by atoms with Crippen molar-refractivity contribution in [3.63, 3.8) is 0 Å². The zero-order valence-electron chi connectivity index (χ0n) is 12.1. The summed E-state index contributed by atoms with van der Waals surface area (Å²) in [5, 5.41) is 3.06. The molecule has 1 aromatic rings. The molecule has 0 aliphatic heterocycles. The van der Waals surface area contributed by atoms with E-state index in [9.17, 15) is 18.0 Å². The lowest BCUT2D eigenvalue weighted by atomic mass is 9.93. The summed E-state index contributed by atoms with van der Waals surface area (Å²) in [7, 11) is 0. The number of nitrogens with zero attached hydrogens (tertiary/aromatic N) is 1. The van der Waals surface area contributed by atoms with Gasteiger partial charge in [0.1, 0.15) is 11.9 Å². The van der Waals surface area contributed by atoms with Crippen molar-refractivity contribution in [1.29, 1.82) is 0 Å². The van der Waals surface area contributed by atoms with Crippen LogP contribution in [-0.2, 0) is 15.7 Å². The summed E-state index contributed by atoms with van der Waals surface area (Å²) in [6.45, 7) is 1.37. The minimum absolute atomic E-state index is 0.0306. The Morgan fingerprint density at radius 1 is 1.36 bits per heavy atom. The number of rotatable bonds is 3. The third-order valence-electron chi connectivity index (χ3n) is 3.59. The van der Waals surface area contributed by atoms with Gasteiger partial charge in [0.25, 0.3) is 0 Å². The topological polar surface area (TPSA) is 77.2 Å². The highest BCUT2D eigenvalue weighted by molar-refractivity contribution is 5.66. The average molecular weight is 317 g/mol. The molecule has 0 amide bonds. The van der Waals surface area contributed by atoms with Gasteiger partial charge in [-0.1, -0.05) is 0 Å². The number of nitrogens with one attached hydrogen (secondary N) is 1. The molecular formula is C14H18F3N3O2. The first-order valence-corrected chi connectivity index (χ1v) is 7.02. The number of carbonyl (C=O) groups excluding carboxylic acids is 1. The monoisotopic (exact) mass is 317 g/mol. The van der Waals surface area contributed by atoms with Crippen molar-refractivity contribution in [2.45, 2.75) is 50.9 Å². The summed E-state index contributed by atoms with van der Waals surface area (Å²) in [6, 6.07) is 0.929. The fourth-order valence-electron chi connectivity index (χ4n) is 2.51. The lowest BCUT2D eigenvalue weighted by Crippen LogP contribution is -2.31. The van der Waals surface area contributed by atoms with Crippen LogP contribution in [0.5, 0.6) is 0 Å². The van der Waals surface area contributed by atoms with Crippen molar-refractivity contribution in [3.05, 3.63) is 17.8 Å². The highest BCUT2D eigenvalue weighted by Gasteiger charge is 2.32. The van der Waals surface area contributed by atoms with Crippen LogP contribution in [0.3, 0.4) is 0 Å². The van der Waals surface area contributed by atoms with Gasteiger partial charge in [-0.15, -0.1) is 0 Å². The summed E-state index contributed by atoms with van der Waals surface area (Å²) in [5.41, 5.74) is 4.74.